The van der Waals surface area contributed by atoms with E-state index in [-0.39, 0.29) is 18.0 Å². The number of fused-ring (bicyclic) bond motifs is 3. The van der Waals surface area contributed by atoms with E-state index < -0.39 is 0 Å². The van der Waals surface area contributed by atoms with Crippen molar-refractivity contribution in [3.8, 4) is 11.5 Å². The van der Waals surface area contributed by atoms with Crippen molar-refractivity contribution in [1.82, 2.24) is 0 Å². The standard InChI is InChI=1S/C21H23FO3/c1-23-19-11-16-15-5-3-4-6-18(15)25-21(17(16)12-20(19)24-2)13-7-9-14(22)10-8-13/h7-12,15,18,21H,3-6H2,1-2H3. The molecule has 0 aromatic heterocycles. The van der Waals surface area contributed by atoms with E-state index in [4.69, 9.17) is 14.2 Å². The van der Waals surface area contributed by atoms with Crippen molar-refractivity contribution in [3.05, 3.63) is 58.9 Å². The van der Waals surface area contributed by atoms with Crippen LogP contribution < -0.4 is 9.47 Å². The zero-order valence-corrected chi connectivity index (χ0v) is 14.6. The van der Waals surface area contributed by atoms with Gasteiger partial charge < -0.3 is 14.2 Å². The molecular weight excluding hydrogens is 319 g/mol. The number of ether oxygens (including phenoxy) is 3. The lowest BCUT2D eigenvalue weighted by atomic mass is 9.76. The minimum absolute atomic E-state index is 0.199. The summed E-state index contributed by atoms with van der Waals surface area (Å²) in [5, 5.41) is 0. The van der Waals surface area contributed by atoms with E-state index in [2.05, 4.69) is 6.07 Å². The Kier molecular flexibility index (Phi) is 4.38. The molecule has 4 heteroatoms. The second-order valence-corrected chi connectivity index (χ2v) is 6.83. The van der Waals surface area contributed by atoms with Crippen molar-refractivity contribution in [2.75, 3.05) is 14.2 Å². The molecule has 0 spiro atoms. The van der Waals surface area contributed by atoms with Crippen LogP contribution in [0.15, 0.2) is 36.4 Å². The Hall–Kier alpha value is -2.07. The molecule has 4 rings (SSSR count). The van der Waals surface area contributed by atoms with Crippen molar-refractivity contribution in [2.24, 2.45) is 0 Å². The predicted molar refractivity (Wildman–Crippen MR) is 93.9 cm³/mol. The molecule has 3 atom stereocenters. The lowest BCUT2D eigenvalue weighted by Gasteiger charge is -2.41. The minimum Gasteiger partial charge on any atom is -0.493 e. The quantitative estimate of drug-likeness (QED) is 0.786. The summed E-state index contributed by atoms with van der Waals surface area (Å²) < 4.78 is 30.9. The molecule has 0 radical (unpaired) electrons. The van der Waals surface area contributed by atoms with E-state index in [1.807, 2.05) is 18.2 Å². The first kappa shape index (κ1) is 16.4. The average molecular weight is 342 g/mol. The Morgan fingerprint density at radius 3 is 2.24 bits per heavy atom. The van der Waals surface area contributed by atoms with Gasteiger partial charge in [-0.1, -0.05) is 25.0 Å². The van der Waals surface area contributed by atoms with E-state index in [0.717, 1.165) is 29.7 Å². The van der Waals surface area contributed by atoms with Gasteiger partial charge in [0.05, 0.1) is 20.3 Å². The highest BCUT2D eigenvalue weighted by molar-refractivity contribution is 5.52. The largest absolute Gasteiger partial charge is 0.493 e. The monoisotopic (exact) mass is 342 g/mol. The fourth-order valence-electron chi connectivity index (χ4n) is 4.22. The molecule has 0 saturated heterocycles. The van der Waals surface area contributed by atoms with Crippen LogP contribution in [-0.4, -0.2) is 20.3 Å². The maximum absolute atomic E-state index is 13.4. The van der Waals surface area contributed by atoms with Gasteiger partial charge in [-0.15, -0.1) is 0 Å². The zero-order chi connectivity index (χ0) is 17.4. The van der Waals surface area contributed by atoms with Crippen LogP contribution in [0.25, 0.3) is 0 Å². The highest BCUT2D eigenvalue weighted by atomic mass is 19.1. The highest BCUT2D eigenvalue weighted by Gasteiger charge is 2.38. The molecule has 1 saturated carbocycles. The SMILES string of the molecule is COc1cc2c(cc1OC)C1CCCCC1OC2c1ccc(F)cc1. The van der Waals surface area contributed by atoms with Gasteiger partial charge in [-0.2, -0.15) is 0 Å². The summed E-state index contributed by atoms with van der Waals surface area (Å²) in [4.78, 5) is 0. The molecule has 1 aliphatic heterocycles. The second kappa shape index (κ2) is 6.68. The van der Waals surface area contributed by atoms with Crippen LogP contribution in [0, 0.1) is 5.82 Å². The number of halogens is 1. The van der Waals surface area contributed by atoms with Crippen LogP contribution in [0.4, 0.5) is 4.39 Å². The van der Waals surface area contributed by atoms with Crippen molar-refractivity contribution in [2.45, 2.75) is 43.8 Å². The van der Waals surface area contributed by atoms with Gasteiger partial charge >= 0.3 is 0 Å². The summed E-state index contributed by atoms with van der Waals surface area (Å²) in [6.07, 6.45) is 4.61. The summed E-state index contributed by atoms with van der Waals surface area (Å²) >= 11 is 0. The summed E-state index contributed by atoms with van der Waals surface area (Å²) in [6, 6.07) is 10.7. The number of benzene rings is 2. The first-order valence-corrected chi connectivity index (χ1v) is 8.88. The molecule has 2 aliphatic rings. The van der Waals surface area contributed by atoms with Crippen LogP contribution in [0.5, 0.6) is 11.5 Å². The van der Waals surface area contributed by atoms with Gasteiger partial charge in [0.2, 0.25) is 0 Å². The van der Waals surface area contributed by atoms with Crippen LogP contribution in [0.3, 0.4) is 0 Å². The molecule has 3 unspecified atom stereocenters. The lowest BCUT2D eigenvalue weighted by Crippen LogP contribution is -2.33. The van der Waals surface area contributed by atoms with E-state index in [0.29, 0.717) is 11.7 Å². The Morgan fingerprint density at radius 1 is 0.920 bits per heavy atom. The van der Waals surface area contributed by atoms with Gasteiger partial charge in [0, 0.05) is 5.92 Å². The number of hydrogen-bond donors (Lipinski definition) is 0. The third-order valence-corrected chi connectivity index (χ3v) is 5.46. The topological polar surface area (TPSA) is 27.7 Å². The minimum atomic E-state index is -0.234. The summed E-state index contributed by atoms with van der Waals surface area (Å²) in [6.45, 7) is 0. The van der Waals surface area contributed by atoms with E-state index in [1.165, 1.54) is 30.5 Å². The molecule has 25 heavy (non-hydrogen) atoms. The third kappa shape index (κ3) is 2.89. The molecule has 2 aromatic rings. The molecule has 132 valence electrons. The Morgan fingerprint density at radius 2 is 1.56 bits per heavy atom. The Balaban J connectivity index is 1.85. The summed E-state index contributed by atoms with van der Waals surface area (Å²) in [5.74, 6) is 1.61. The highest BCUT2D eigenvalue weighted by Crippen LogP contribution is 2.49. The predicted octanol–water partition coefficient (Wildman–Crippen LogP) is 4.99. The molecule has 1 fully saturated rings. The molecule has 2 aromatic carbocycles. The maximum atomic E-state index is 13.4. The van der Waals surface area contributed by atoms with Crippen LogP contribution in [0.1, 0.15) is 54.4 Å². The Bertz CT molecular complexity index is 756. The van der Waals surface area contributed by atoms with Crippen molar-refractivity contribution < 1.29 is 18.6 Å². The second-order valence-electron chi connectivity index (χ2n) is 6.83. The van der Waals surface area contributed by atoms with Crippen molar-refractivity contribution in [3.63, 3.8) is 0 Å². The maximum Gasteiger partial charge on any atom is 0.161 e. The molecule has 3 nitrogen and oxygen atoms in total. The zero-order valence-electron chi connectivity index (χ0n) is 14.6. The normalized spacial score (nSPS) is 25.0. The number of hydrogen-bond acceptors (Lipinski definition) is 3. The molecule has 0 bridgehead atoms. The van der Waals surface area contributed by atoms with Gasteiger partial charge in [-0.25, -0.2) is 4.39 Å². The smallest absolute Gasteiger partial charge is 0.161 e. The van der Waals surface area contributed by atoms with Gasteiger partial charge in [-0.05, 0) is 53.8 Å². The molecule has 1 aliphatic carbocycles. The summed E-state index contributed by atoms with van der Waals surface area (Å²) in [5.41, 5.74) is 3.36. The van der Waals surface area contributed by atoms with Crippen molar-refractivity contribution >= 4 is 0 Å². The van der Waals surface area contributed by atoms with Gasteiger partial charge in [0.25, 0.3) is 0 Å². The van der Waals surface area contributed by atoms with Gasteiger partial charge in [-0.3, -0.25) is 0 Å². The fourth-order valence-corrected chi connectivity index (χ4v) is 4.22. The fraction of sp³-hybridized carbons (Fsp3) is 0.429. The number of rotatable bonds is 3. The van der Waals surface area contributed by atoms with Gasteiger partial charge in [0.15, 0.2) is 11.5 Å². The average Bonchev–Trinajstić information content (AvgIpc) is 2.67. The van der Waals surface area contributed by atoms with Crippen LogP contribution in [-0.2, 0) is 4.74 Å². The third-order valence-electron chi connectivity index (χ3n) is 5.46. The number of methoxy groups -OCH3 is 2. The first-order chi connectivity index (χ1) is 12.2. The molecular formula is C21H23FO3. The van der Waals surface area contributed by atoms with E-state index in [1.54, 1.807) is 14.2 Å². The first-order valence-electron chi connectivity index (χ1n) is 8.88. The van der Waals surface area contributed by atoms with Crippen LogP contribution in [0.2, 0.25) is 0 Å². The van der Waals surface area contributed by atoms with E-state index in [9.17, 15) is 4.39 Å². The van der Waals surface area contributed by atoms with Crippen molar-refractivity contribution in [1.29, 1.82) is 0 Å². The lowest BCUT2D eigenvalue weighted by molar-refractivity contribution is -0.0391. The van der Waals surface area contributed by atoms with Gasteiger partial charge in [0.1, 0.15) is 11.9 Å². The summed E-state index contributed by atoms with van der Waals surface area (Å²) in [7, 11) is 3.31. The molecule has 1 heterocycles. The molecule has 0 N–H and O–H groups in total. The molecule has 0 amide bonds. The Labute approximate surface area is 147 Å². The van der Waals surface area contributed by atoms with Crippen LogP contribution >= 0.6 is 0 Å². The van der Waals surface area contributed by atoms with E-state index >= 15 is 0 Å².